The monoisotopic (exact) mass is 466 g/mol. The highest BCUT2D eigenvalue weighted by atomic mass is 35.5. The lowest BCUT2D eigenvalue weighted by atomic mass is 10.1. The van der Waals surface area contributed by atoms with Crippen LogP contribution in [0.15, 0.2) is 42.5 Å². The molecular weight excluding hydrogens is 443 g/mol. The summed E-state index contributed by atoms with van der Waals surface area (Å²) in [6.45, 7) is 2.07. The molecule has 3 rings (SSSR count). The minimum absolute atomic E-state index is 0.0879. The fourth-order valence-electron chi connectivity index (χ4n) is 3.69. The molecule has 2 amide bonds. The average Bonchev–Trinajstić information content (AvgIpc) is 3.22. The molecule has 0 bridgehead atoms. The highest BCUT2D eigenvalue weighted by Gasteiger charge is 2.28. The normalized spacial score (nSPS) is 15.1. The van der Waals surface area contributed by atoms with Gasteiger partial charge in [0, 0.05) is 27.7 Å². The largest absolute Gasteiger partial charge is 0.352 e. The van der Waals surface area contributed by atoms with E-state index in [1.54, 1.807) is 42.2 Å². The number of carbonyl (C=O) groups excluding carboxylic acids is 2. The Bertz CT molecular complexity index is 896. The Morgan fingerprint density at radius 1 is 1.03 bits per heavy atom. The van der Waals surface area contributed by atoms with E-state index in [9.17, 15) is 9.59 Å². The van der Waals surface area contributed by atoms with Crippen molar-refractivity contribution in [2.75, 3.05) is 0 Å². The molecule has 160 valence electrons. The highest BCUT2D eigenvalue weighted by Crippen LogP contribution is 2.23. The molecule has 0 saturated heterocycles. The van der Waals surface area contributed by atoms with Gasteiger partial charge in [-0.2, -0.15) is 0 Å². The maximum Gasteiger partial charge on any atom is 0.242 e. The first-order valence-electron chi connectivity index (χ1n) is 10.1. The molecule has 4 nitrogen and oxygen atoms in total. The van der Waals surface area contributed by atoms with Crippen LogP contribution < -0.4 is 5.32 Å². The number of carbonyl (C=O) groups is 2. The molecule has 0 heterocycles. The zero-order valence-corrected chi connectivity index (χ0v) is 19.1. The first kappa shape index (κ1) is 22.9. The first-order valence-corrected chi connectivity index (χ1v) is 11.2. The smallest absolute Gasteiger partial charge is 0.242 e. The Morgan fingerprint density at radius 2 is 1.67 bits per heavy atom. The molecule has 30 heavy (non-hydrogen) atoms. The standard InChI is InChI=1S/C23H25Cl3N2O2/c1-15(23(30)27-20-4-2-3-5-20)28(14-16-6-9-18(24)10-7-16)22(29)12-17-8-11-19(25)13-21(17)26/h6-11,13,15,20H,2-5,12,14H2,1H3,(H,27,30)/t15-/m1/s1. The molecule has 7 heteroatoms. The lowest BCUT2D eigenvalue weighted by Gasteiger charge is -2.30. The molecule has 1 aliphatic carbocycles. The minimum atomic E-state index is -0.611. The second-order valence-electron chi connectivity index (χ2n) is 7.73. The van der Waals surface area contributed by atoms with Gasteiger partial charge in [-0.3, -0.25) is 9.59 Å². The van der Waals surface area contributed by atoms with Crippen molar-refractivity contribution in [1.29, 1.82) is 0 Å². The Morgan fingerprint density at radius 3 is 2.30 bits per heavy atom. The fraction of sp³-hybridized carbons (Fsp3) is 0.391. The van der Waals surface area contributed by atoms with Gasteiger partial charge in [-0.1, -0.05) is 65.8 Å². The van der Waals surface area contributed by atoms with Crippen molar-refractivity contribution >= 4 is 46.6 Å². The van der Waals surface area contributed by atoms with E-state index >= 15 is 0 Å². The molecule has 2 aromatic rings. The predicted octanol–water partition coefficient (Wildman–Crippen LogP) is 5.67. The van der Waals surface area contributed by atoms with Gasteiger partial charge in [0.05, 0.1) is 6.42 Å². The van der Waals surface area contributed by atoms with Crippen LogP contribution in [0, 0.1) is 0 Å². The molecule has 0 spiro atoms. The average molecular weight is 468 g/mol. The van der Waals surface area contributed by atoms with Gasteiger partial charge >= 0.3 is 0 Å². The van der Waals surface area contributed by atoms with Crippen LogP contribution in [-0.4, -0.2) is 28.8 Å². The topological polar surface area (TPSA) is 49.4 Å². The zero-order chi connectivity index (χ0) is 21.7. The number of hydrogen-bond donors (Lipinski definition) is 1. The Kier molecular flexibility index (Phi) is 8.04. The summed E-state index contributed by atoms with van der Waals surface area (Å²) in [5.41, 5.74) is 1.58. The van der Waals surface area contributed by atoms with Gasteiger partial charge in [0.1, 0.15) is 6.04 Å². The lowest BCUT2D eigenvalue weighted by molar-refractivity contribution is -0.140. The maximum absolute atomic E-state index is 13.2. The quantitative estimate of drug-likeness (QED) is 0.571. The molecule has 1 fully saturated rings. The third-order valence-corrected chi connectivity index (χ3v) is 6.33. The van der Waals surface area contributed by atoms with Gasteiger partial charge < -0.3 is 10.2 Å². The van der Waals surface area contributed by atoms with Gasteiger partial charge in [-0.15, -0.1) is 0 Å². The summed E-state index contributed by atoms with van der Waals surface area (Å²) in [5.74, 6) is -0.310. The fourth-order valence-corrected chi connectivity index (χ4v) is 4.29. The maximum atomic E-state index is 13.2. The third kappa shape index (κ3) is 6.13. The molecule has 0 unspecified atom stereocenters. The van der Waals surface area contributed by atoms with Crippen LogP contribution in [0.3, 0.4) is 0 Å². The molecular formula is C23H25Cl3N2O2. The number of halogens is 3. The van der Waals surface area contributed by atoms with Crippen LogP contribution in [0.5, 0.6) is 0 Å². The third-order valence-electron chi connectivity index (χ3n) is 5.49. The van der Waals surface area contributed by atoms with Crippen molar-refractivity contribution in [3.63, 3.8) is 0 Å². The summed E-state index contributed by atoms with van der Waals surface area (Å²) in [7, 11) is 0. The molecule has 0 aliphatic heterocycles. The number of benzene rings is 2. The summed E-state index contributed by atoms with van der Waals surface area (Å²) in [6.07, 6.45) is 4.32. The first-order chi connectivity index (χ1) is 14.3. The predicted molar refractivity (Wildman–Crippen MR) is 122 cm³/mol. The SMILES string of the molecule is C[C@H](C(=O)NC1CCCC1)N(Cc1ccc(Cl)cc1)C(=O)Cc1ccc(Cl)cc1Cl. The van der Waals surface area contributed by atoms with E-state index in [0.29, 0.717) is 27.2 Å². The number of nitrogens with one attached hydrogen (secondary N) is 1. The molecule has 1 saturated carbocycles. The summed E-state index contributed by atoms with van der Waals surface area (Å²) < 4.78 is 0. The molecule has 0 aromatic heterocycles. The molecule has 1 aliphatic rings. The number of nitrogens with zero attached hydrogens (tertiary/aromatic N) is 1. The van der Waals surface area contributed by atoms with E-state index < -0.39 is 6.04 Å². The van der Waals surface area contributed by atoms with Crippen molar-refractivity contribution in [3.8, 4) is 0 Å². The Balaban J connectivity index is 1.78. The van der Waals surface area contributed by atoms with Crippen LogP contribution in [0.25, 0.3) is 0 Å². The Labute approximate surface area is 192 Å². The van der Waals surface area contributed by atoms with Gasteiger partial charge in [0.25, 0.3) is 0 Å². The van der Waals surface area contributed by atoms with Gasteiger partial charge in [-0.05, 0) is 55.2 Å². The van der Waals surface area contributed by atoms with E-state index in [0.717, 1.165) is 31.2 Å². The van der Waals surface area contributed by atoms with Crippen molar-refractivity contribution in [2.24, 2.45) is 0 Å². The minimum Gasteiger partial charge on any atom is -0.352 e. The van der Waals surface area contributed by atoms with Crippen LogP contribution in [-0.2, 0) is 22.6 Å². The molecule has 1 atom stereocenters. The summed E-state index contributed by atoms with van der Waals surface area (Å²) >= 11 is 18.2. The van der Waals surface area contributed by atoms with E-state index in [-0.39, 0.29) is 24.3 Å². The molecule has 1 N–H and O–H groups in total. The Hall–Kier alpha value is -1.75. The highest BCUT2D eigenvalue weighted by molar-refractivity contribution is 6.35. The van der Waals surface area contributed by atoms with Gasteiger partial charge in [0.2, 0.25) is 11.8 Å². The molecule has 2 aromatic carbocycles. The summed E-state index contributed by atoms with van der Waals surface area (Å²) in [6, 6.07) is 11.9. The summed E-state index contributed by atoms with van der Waals surface area (Å²) in [5, 5.41) is 4.66. The van der Waals surface area contributed by atoms with E-state index in [2.05, 4.69) is 5.32 Å². The van der Waals surface area contributed by atoms with Crippen LogP contribution in [0.4, 0.5) is 0 Å². The zero-order valence-electron chi connectivity index (χ0n) is 16.8. The van der Waals surface area contributed by atoms with Crippen molar-refractivity contribution in [3.05, 3.63) is 68.7 Å². The van der Waals surface area contributed by atoms with Crippen molar-refractivity contribution < 1.29 is 9.59 Å². The van der Waals surface area contributed by atoms with Crippen LogP contribution >= 0.6 is 34.8 Å². The van der Waals surface area contributed by atoms with Gasteiger partial charge in [0.15, 0.2) is 0 Å². The number of rotatable bonds is 7. The number of hydrogen-bond acceptors (Lipinski definition) is 2. The summed E-state index contributed by atoms with van der Waals surface area (Å²) in [4.78, 5) is 27.7. The lowest BCUT2D eigenvalue weighted by Crippen LogP contribution is -2.50. The van der Waals surface area contributed by atoms with Gasteiger partial charge in [-0.25, -0.2) is 0 Å². The van der Waals surface area contributed by atoms with Crippen LogP contribution in [0.2, 0.25) is 15.1 Å². The van der Waals surface area contributed by atoms with Crippen molar-refractivity contribution in [2.45, 2.75) is 57.7 Å². The number of amides is 2. The second kappa shape index (κ2) is 10.5. The van der Waals surface area contributed by atoms with E-state index in [1.807, 2.05) is 12.1 Å². The molecule has 0 radical (unpaired) electrons. The second-order valence-corrected chi connectivity index (χ2v) is 9.01. The van der Waals surface area contributed by atoms with E-state index in [1.165, 1.54) is 0 Å². The van der Waals surface area contributed by atoms with Crippen LogP contribution in [0.1, 0.15) is 43.7 Å². The van der Waals surface area contributed by atoms with E-state index in [4.69, 9.17) is 34.8 Å². The van der Waals surface area contributed by atoms with Crippen molar-refractivity contribution in [1.82, 2.24) is 10.2 Å².